The van der Waals surface area contributed by atoms with Crippen LogP contribution in [0.25, 0.3) is 0 Å². The first-order chi connectivity index (χ1) is 5.91. The number of ketones is 1. The maximum absolute atomic E-state index is 11.6. The average molecular weight is 234 g/mol. The van der Waals surface area contributed by atoms with E-state index in [9.17, 15) is 4.79 Å². The largest absolute Gasteiger partial charge is 0.319 e. The van der Waals surface area contributed by atoms with Gasteiger partial charge in [-0.05, 0) is 38.1 Å². The fourth-order valence-corrected chi connectivity index (χ4v) is 1.10. The average Bonchev–Trinajstić information content (AvgIpc) is 2.03. The molecule has 78 valence electrons. The second-order valence-electron chi connectivity index (χ2n) is 3.56. The normalized spacial score (nSPS) is 10.6. The molecule has 0 aliphatic rings. The van der Waals surface area contributed by atoms with Crippen LogP contribution in [-0.2, 0) is 0 Å². The van der Waals surface area contributed by atoms with Crippen molar-refractivity contribution < 1.29 is 4.79 Å². The number of hydrogen-bond donors (Lipinski definition) is 1. The Hall–Kier alpha value is -0.570. The van der Waals surface area contributed by atoms with E-state index in [2.05, 4.69) is 0 Å². The Labute approximate surface area is 94.8 Å². The van der Waals surface area contributed by atoms with Crippen molar-refractivity contribution in [2.75, 3.05) is 0 Å². The molecule has 0 saturated heterocycles. The summed E-state index contributed by atoms with van der Waals surface area (Å²) in [4.78, 5) is 11.6. The monoisotopic (exact) mass is 233 g/mol. The first kappa shape index (κ1) is 13.4. The number of carbonyl (C=O) groups is 1. The van der Waals surface area contributed by atoms with Gasteiger partial charge in [0.2, 0.25) is 0 Å². The minimum absolute atomic E-state index is 0. The SMILES string of the molecule is CC(C)(N)C(=O)c1ccc(Cl)cc1.Cl. The van der Waals surface area contributed by atoms with Gasteiger partial charge in [0.05, 0.1) is 5.54 Å². The third-order valence-electron chi connectivity index (χ3n) is 1.69. The van der Waals surface area contributed by atoms with Crippen LogP contribution >= 0.6 is 24.0 Å². The van der Waals surface area contributed by atoms with Crippen molar-refractivity contribution in [1.29, 1.82) is 0 Å². The van der Waals surface area contributed by atoms with E-state index in [1.54, 1.807) is 38.1 Å². The zero-order chi connectivity index (χ0) is 10.1. The molecule has 0 atom stereocenters. The van der Waals surface area contributed by atoms with Crippen LogP contribution in [0, 0.1) is 0 Å². The molecule has 1 aromatic carbocycles. The van der Waals surface area contributed by atoms with Gasteiger partial charge >= 0.3 is 0 Å². The van der Waals surface area contributed by atoms with Crippen LogP contribution in [0.1, 0.15) is 24.2 Å². The minimum atomic E-state index is -0.826. The Kier molecular flexibility index (Phi) is 4.59. The summed E-state index contributed by atoms with van der Waals surface area (Å²) in [6.07, 6.45) is 0. The number of nitrogens with two attached hydrogens (primary N) is 1. The maximum Gasteiger partial charge on any atom is 0.182 e. The van der Waals surface area contributed by atoms with Crippen molar-refractivity contribution in [3.8, 4) is 0 Å². The van der Waals surface area contributed by atoms with Crippen LogP contribution in [0.5, 0.6) is 0 Å². The van der Waals surface area contributed by atoms with Crippen LogP contribution in [-0.4, -0.2) is 11.3 Å². The van der Waals surface area contributed by atoms with Gasteiger partial charge in [-0.1, -0.05) is 11.6 Å². The molecule has 0 amide bonds. The lowest BCUT2D eigenvalue weighted by molar-refractivity contribution is 0.0913. The molecule has 0 saturated carbocycles. The van der Waals surface area contributed by atoms with Crippen LogP contribution < -0.4 is 5.73 Å². The molecule has 4 heteroatoms. The van der Waals surface area contributed by atoms with E-state index in [1.165, 1.54) is 0 Å². The smallest absolute Gasteiger partial charge is 0.182 e. The van der Waals surface area contributed by atoms with Gasteiger partial charge in [-0.15, -0.1) is 12.4 Å². The van der Waals surface area contributed by atoms with Crippen molar-refractivity contribution in [3.63, 3.8) is 0 Å². The predicted molar refractivity (Wildman–Crippen MR) is 61.3 cm³/mol. The van der Waals surface area contributed by atoms with E-state index < -0.39 is 5.54 Å². The molecule has 2 nitrogen and oxygen atoms in total. The van der Waals surface area contributed by atoms with Gasteiger partial charge in [-0.3, -0.25) is 4.79 Å². The molecule has 1 aromatic rings. The molecular formula is C10H13Cl2NO. The third-order valence-corrected chi connectivity index (χ3v) is 1.94. The first-order valence-corrected chi connectivity index (χ1v) is 4.38. The van der Waals surface area contributed by atoms with Crippen molar-refractivity contribution in [1.82, 2.24) is 0 Å². The zero-order valence-corrected chi connectivity index (χ0v) is 9.65. The second-order valence-corrected chi connectivity index (χ2v) is 3.99. The second kappa shape index (κ2) is 4.78. The predicted octanol–water partition coefficient (Wildman–Crippen LogP) is 2.68. The lowest BCUT2D eigenvalue weighted by atomic mass is 9.95. The van der Waals surface area contributed by atoms with Gasteiger partial charge in [0.1, 0.15) is 0 Å². The molecule has 0 radical (unpaired) electrons. The van der Waals surface area contributed by atoms with Crippen molar-refractivity contribution in [2.24, 2.45) is 5.73 Å². The Morgan fingerprint density at radius 1 is 1.29 bits per heavy atom. The van der Waals surface area contributed by atoms with Gasteiger partial charge in [-0.2, -0.15) is 0 Å². The topological polar surface area (TPSA) is 43.1 Å². The standard InChI is InChI=1S/C10H12ClNO.ClH/c1-10(2,12)9(13)7-3-5-8(11)6-4-7;/h3-6H,12H2,1-2H3;1H. The summed E-state index contributed by atoms with van der Waals surface area (Å²) in [5.41, 5.74) is 5.44. The summed E-state index contributed by atoms with van der Waals surface area (Å²) in [6, 6.07) is 6.72. The molecule has 0 aromatic heterocycles. The Morgan fingerprint density at radius 3 is 2.07 bits per heavy atom. The molecule has 14 heavy (non-hydrogen) atoms. The summed E-state index contributed by atoms with van der Waals surface area (Å²) in [5, 5.41) is 0.617. The zero-order valence-electron chi connectivity index (χ0n) is 8.08. The molecule has 0 aliphatic carbocycles. The molecule has 0 spiro atoms. The molecule has 2 N–H and O–H groups in total. The molecule has 0 unspecified atom stereocenters. The van der Waals surface area contributed by atoms with E-state index in [-0.39, 0.29) is 18.2 Å². The van der Waals surface area contributed by atoms with Crippen molar-refractivity contribution in [3.05, 3.63) is 34.9 Å². The number of halogens is 2. The molecule has 0 aliphatic heterocycles. The summed E-state index contributed by atoms with van der Waals surface area (Å²) in [5.74, 6) is -0.0795. The van der Waals surface area contributed by atoms with Gasteiger partial charge in [0.15, 0.2) is 5.78 Å². The molecule has 1 rings (SSSR count). The highest BCUT2D eigenvalue weighted by Gasteiger charge is 2.22. The highest BCUT2D eigenvalue weighted by molar-refractivity contribution is 6.30. The van der Waals surface area contributed by atoms with E-state index in [4.69, 9.17) is 17.3 Å². The Bertz CT molecular complexity index is 314. The highest BCUT2D eigenvalue weighted by Crippen LogP contribution is 2.14. The molecule has 0 heterocycles. The number of rotatable bonds is 2. The number of carbonyl (C=O) groups excluding carboxylic acids is 1. The third kappa shape index (κ3) is 3.29. The summed E-state index contributed by atoms with van der Waals surface area (Å²) in [7, 11) is 0. The van der Waals surface area contributed by atoms with Gasteiger partial charge in [-0.25, -0.2) is 0 Å². The highest BCUT2D eigenvalue weighted by atomic mass is 35.5. The van der Waals surface area contributed by atoms with Crippen LogP contribution in [0.4, 0.5) is 0 Å². The summed E-state index contributed by atoms with van der Waals surface area (Å²) in [6.45, 7) is 3.37. The van der Waals surface area contributed by atoms with E-state index in [0.29, 0.717) is 10.6 Å². The van der Waals surface area contributed by atoms with Crippen LogP contribution in [0.2, 0.25) is 5.02 Å². The lowest BCUT2D eigenvalue weighted by Gasteiger charge is -2.16. The fraction of sp³-hybridized carbons (Fsp3) is 0.300. The number of hydrogen-bond acceptors (Lipinski definition) is 2. The summed E-state index contributed by atoms with van der Waals surface area (Å²) >= 11 is 5.69. The van der Waals surface area contributed by atoms with E-state index >= 15 is 0 Å². The fourth-order valence-electron chi connectivity index (χ4n) is 0.973. The van der Waals surface area contributed by atoms with Gasteiger partial charge < -0.3 is 5.73 Å². The maximum atomic E-state index is 11.6. The first-order valence-electron chi connectivity index (χ1n) is 4.00. The van der Waals surface area contributed by atoms with E-state index in [0.717, 1.165) is 0 Å². The van der Waals surface area contributed by atoms with Crippen molar-refractivity contribution >= 4 is 29.8 Å². The van der Waals surface area contributed by atoms with Gasteiger partial charge in [0, 0.05) is 10.6 Å². The lowest BCUT2D eigenvalue weighted by Crippen LogP contribution is -2.41. The van der Waals surface area contributed by atoms with Crippen LogP contribution in [0.3, 0.4) is 0 Å². The Morgan fingerprint density at radius 2 is 1.71 bits per heavy atom. The Balaban J connectivity index is 0.00000169. The summed E-state index contributed by atoms with van der Waals surface area (Å²) < 4.78 is 0. The molecular weight excluding hydrogens is 221 g/mol. The minimum Gasteiger partial charge on any atom is -0.319 e. The number of Topliss-reactive ketones (excluding diaryl/α,β-unsaturated/α-hetero) is 1. The van der Waals surface area contributed by atoms with Crippen molar-refractivity contribution in [2.45, 2.75) is 19.4 Å². The number of benzene rings is 1. The van der Waals surface area contributed by atoms with E-state index in [1.807, 2.05) is 0 Å². The molecule has 0 bridgehead atoms. The van der Waals surface area contributed by atoms with Crippen LogP contribution in [0.15, 0.2) is 24.3 Å². The quantitative estimate of drug-likeness (QED) is 0.799. The van der Waals surface area contributed by atoms with Gasteiger partial charge in [0.25, 0.3) is 0 Å². The molecule has 0 fully saturated rings.